The molecule has 2 rings (SSSR count). The highest BCUT2D eigenvalue weighted by Crippen LogP contribution is 2.25. The van der Waals surface area contributed by atoms with E-state index in [4.69, 9.17) is 5.11 Å². The van der Waals surface area contributed by atoms with E-state index >= 15 is 0 Å². The number of carboxylic acids is 1. The van der Waals surface area contributed by atoms with E-state index in [9.17, 15) is 9.59 Å². The summed E-state index contributed by atoms with van der Waals surface area (Å²) in [5, 5.41) is 9.45. The molecule has 114 valence electrons. The molecule has 2 heterocycles. The molecule has 1 aromatic heterocycles. The van der Waals surface area contributed by atoms with E-state index in [0.29, 0.717) is 29.1 Å². The maximum Gasteiger partial charge on any atom is 0.337 e. The molecular formula is C15H20N2O3S. The number of carbonyl (C=O) groups excluding carboxylic acids is 1. The lowest BCUT2D eigenvalue weighted by molar-refractivity contribution is 0.0691. The van der Waals surface area contributed by atoms with Crippen LogP contribution in [0, 0.1) is 12.8 Å². The fourth-order valence-corrected chi connectivity index (χ4v) is 3.63. The van der Waals surface area contributed by atoms with Crippen LogP contribution in [0.25, 0.3) is 0 Å². The van der Waals surface area contributed by atoms with Gasteiger partial charge in [-0.05, 0) is 25.0 Å². The first-order valence-corrected chi connectivity index (χ1v) is 8.07. The Kier molecular flexibility index (Phi) is 4.88. The van der Waals surface area contributed by atoms with E-state index in [1.807, 2.05) is 16.7 Å². The number of hydrogen-bond donors (Lipinski definition) is 1. The van der Waals surface area contributed by atoms with Crippen LogP contribution in [0.15, 0.2) is 12.1 Å². The number of aromatic carboxylic acids is 1. The van der Waals surface area contributed by atoms with Crippen molar-refractivity contribution in [2.75, 3.05) is 18.8 Å². The van der Waals surface area contributed by atoms with Crippen molar-refractivity contribution in [2.45, 2.75) is 26.0 Å². The Balaban J connectivity index is 2.16. The highest BCUT2D eigenvalue weighted by atomic mass is 32.2. The van der Waals surface area contributed by atoms with E-state index in [2.05, 4.69) is 18.8 Å². The summed E-state index contributed by atoms with van der Waals surface area (Å²) in [5.41, 5.74) is 0.841. The number of carbonyl (C=O) groups is 2. The second-order valence-corrected chi connectivity index (χ2v) is 6.89. The van der Waals surface area contributed by atoms with Gasteiger partial charge in [0.1, 0.15) is 5.69 Å². The van der Waals surface area contributed by atoms with Crippen LogP contribution in [-0.4, -0.2) is 51.0 Å². The average molecular weight is 308 g/mol. The summed E-state index contributed by atoms with van der Waals surface area (Å²) in [4.78, 5) is 29.5. The number of hydrogen-bond acceptors (Lipinski definition) is 4. The zero-order chi connectivity index (χ0) is 15.6. The van der Waals surface area contributed by atoms with Crippen molar-refractivity contribution >= 4 is 23.6 Å². The van der Waals surface area contributed by atoms with Gasteiger partial charge in [0, 0.05) is 24.1 Å². The van der Waals surface area contributed by atoms with Gasteiger partial charge in [0.2, 0.25) is 0 Å². The van der Waals surface area contributed by atoms with Gasteiger partial charge in [-0.1, -0.05) is 13.8 Å². The zero-order valence-corrected chi connectivity index (χ0v) is 13.3. The summed E-state index contributed by atoms with van der Waals surface area (Å²) < 4.78 is 0. The van der Waals surface area contributed by atoms with E-state index in [1.54, 1.807) is 6.92 Å². The third-order valence-corrected chi connectivity index (χ3v) is 5.20. The Morgan fingerprint density at radius 1 is 1.43 bits per heavy atom. The SMILES string of the molecule is Cc1nc(C(=O)N2CCSC(C(C)C)C2)ccc1C(=O)O. The molecule has 5 nitrogen and oxygen atoms in total. The number of thioether (sulfide) groups is 1. The van der Waals surface area contributed by atoms with Crippen LogP contribution in [0.1, 0.15) is 40.4 Å². The summed E-state index contributed by atoms with van der Waals surface area (Å²) in [6, 6.07) is 2.96. The molecule has 1 atom stereocenters. The monoisotopic (exact) mass is 308 g/mol. The third-order valence-electron chi connectivity index (χ3n) is 3.66. The van der Waals surface area contributed by atoms with Gasteiger partial charge < -0.3 is 10.0 Å². The average Bonchev–Trinajstić information content (AvgIpc) is 2.46. The van der Waals surface area contributed by atoms with Crippen molar-refractivity contribution in [3.63, 3.8) is 0 Å². The van der Waals surface area contributed by atoms with Crippen molar-refractivity contribution in [3.8, 4) is 0 Å². The molecule has 0 spiro atoms. The summed E-state index contributed by atoms with van der Waals surface area (Å²) in [6.45, 7) is 7.38. The minimum Gasteiger partial charge on any atom is -0.478 e. The molecule has 1 aromatic rings. The van der Waals surface area contributed by atoms with Gasteiger partial charge in [-0.15, -0.1) is 0 Å². The van der Waals surface area contributed by atoms with E-state index < -0.39 is 5.97 Å². The van der Waals surface area contributed by atoms with Crippen LogP contribution in [-0.2, 0) is 0 Å². The molecule has 1 amide bonds. The minimum absolute atomic E-state index is 0.110. The van der Waals surface area contributed by atoms with Crippen LogP contribution in [0.2, 0.25) is 0 Å². The van der Waals surface area contributed by atoms with Crippen molar-refractivity contribution < 1.29 is 14.7 Å². The molecule has 21 heavy (non-hydrogen) atoms. The Morgan fingerprint density at radius 2 is 2.14 bits per heavy atom. The molecule has 1 aliphatic rings. The van der Waals surface area contributed by atoms with Crippen molar-refractivity contribution in [2.24, 2.45) is 5.92 Å². The fraction of sp³-hybridized carbons (Fsp3) is 0.533. The van der Waals surface area contributed by atoms with Crippen molar-refractivity contribution in [3.05, 3.63) is 29.1 Å². The van der Waals surface area contributed by atoms with Crippen LogP contribution in [0.3, 0.4) is 0 Å². The lowest BCUT2D eigenvalue weighted by Gasteiger charge is -2.34. The predicted molar refractivity (Wildman–Crippen MR) is 82.9 cm³/mol. The Labute approximate surface area is 128 Å². The lowest BCUT2D eigenvalue weighted by atomic mass is 10.1. The smallest absolute Gasteiger partial charge is 0.337 e. The first kappa shape index (κ1) is 15.8. The number of rotatable bonds is 3. The maximum atomic E-state index is 12.5. The standard InChI is InChI=1S/C15H20N2O3S/c1-9(2)13-8-17(6-7-21-13)14(18)12-5-4-11(15(19)20)10(3)16-12/h4-5,9,13H,6-8H2,1-3H3,(H,19,20). The lowest BCUT2D eigenvalue weighted by Crippen LogP contribution is -2.43. The van der Waals surface area contributed by atoms with Crippen LogP contribution in [0.4, 0.5) is 0 Å². The summed E-state index contributed by atoms with van der Waals surface area (Å²) in [7, 11) is 0. The van der Waals surface area contributed by atoms with Gasteiger partial charge in [0.15, 0.2) is 0 Å². The van der Waals surface area contributed by atoms with Crippen molar-refractivity contribution in [1.29, 1.82) is 0 Å². The van der Waals surface area contributed by atoms with Crippen molar-refractivity contribution in [1.82, 2.24) is 9.88 Å². The summed E-state index contributed by atoms with van der Waals surface area (Å²) in [5.74, 6) is 0.324. The first-order valence-electron chi connectivity index (χ1n) is 7.02. The highest BCUT2D eigenvalue weighted by molar-refractivity contribution is 8.00. The van der Waals surface area contributed by atoms with E-state index in [-0.39, 0.29) is 11.5 Å². The van der Waals surface area contributed by atoms with Gasteiger partial charge in [0.25, 0.3) is 5.91 Å². The summed E-state index contributed by atoms with van der Waals surface area (Å²) in [6.07, 6.45) is 0. The number of carboxylic acid groups (broad SMARTS) is 1. The molecule has 1 fully saturated rings. The zero-order valence-electron chi connectivity index (χ0n) is 12.5. The van der Waals surface area contributed by atoms with Gasteiger partial charge in [-0.3, -0.25) is 4.79 Å². The number of amides is 1. The number of pyridine rings is 1. The molecule has 1 saturated heterocycles. The quantitative estimate of drug-likeness (QED) is 0.928. The Bertz CT molecular complexity index is 560. The van der Waals surface area contributed by atoms with Gasteiger partial charge >= 0.3 is 5.97 Å². The maximum absolute atomic E-state index is 12.5. The van der Waals surface area contributed by atoms with Gasteiger partial charge in [-0.25, -0.2) is 9.78 Å². The molecule has 1 N–H and O–H groups in total. The second kappa shape index (κ2) is 6.47. The second-order valence-electron chi connectivity index (χ2n) is 5.54. The number of aromatic nitrogens is 1. The van der Waals surface area contributed by atoms with E-state index in [0.717, 1.165) is 12.3 Å². The van der Waals surface area contributed by atoms with E-state index in [1.165, 1.54) is 12.1 Å². The Hall–Kier alpha value is -1.56. The van der Waals surface area contributed by atoms with Crippen LogP contribution < -0.4 is 0 Å². The van der Waals surface area contributed by atoms with Crippen LogP contribution in [0.5, 0.6) is 0 Å². The molecule has 6 heteroatoms. The molecule has 0 aliphatic carbocycles. The normalized spacial score (nSPS) is 18.9. The largest absolute Gasteiger partial charge is 0.478 e. The summed E-state index contributed by atoms with van der Waals surface area (Å²) >= 11 is 1.91. The molecule has 0 saturated carbocycles. The van der Waals surface area contributed by atoms with Crippen LogP contribution >= 0.6 is 11.8 Å². The molecular weight excluding hydrogens is 288 g/mol. The third kappa shape index (κ3) is 3.56. The molecule has 0 radical (unpaired) electrons. The van der Waals surface area contributed by atoms with Gasteiger partial charge in [-0.2, -0.15) is 11.8 Å². The molecule has 0 bridgehead atoms. The minimum atomic E-state index is -1.02. The molecule has 1 unspecified atom stereocenters. The number of aryl methyl sites for hydroxylation is 1. The number of nitrogens with zero attached hydrogens (tertiary/aromatic N) is 2. The Morgan fingerprint density at radius 3 is 2.71 bits per heavy atom. The molecule has 0 aromatic carbocycles. The van der Waals surface area contributed by atoms with Gasteiger partial charge in [0.05, 0.1) is 11.3 Å². The fourth-order valence-electron chi connectivity index (χ4n) is 2.33. The predicted octanol–water partition coefficient (Wildman–Crippen LogP) is 2.30. The highest BCUT2D eigenvalue weighted by Gasteiger charge is 2.27. The first-order chi connectivity index (χ1) is 9.90. The molecule has 1 aliphatic heterocycles. The topological polar surface area (TPSA) is 70.5 Å².